The molecule has 0 aliphatic heterocycles. The van der Waals surface area contributed by atoms with E-state index >= 15 is 0 Å². The van der Waals surface area contributed by atoms with Crippen LogP contribution in [0.1, 0.15) is 66.7 Å². The van der Waals surface area contributed by atoms with Gasteiger partial charge in [-0.1, -0.05) is 57.9 Å². The third-order valence-electron chi connectivity index (χ3n) is 6.11. The van der Waals surface area contributed by atoms with Crippen LogP contribution in [0, 0.1) is 26.1 Å². The van der Waals surface area contributed by atoms with Gasteiger partial charge < -0.3 is 4.74 Å². The van der Waals surface area contributed by atoms with Crippen molar-refractivity contribution in [3.05, 3.63) is 62.2 Å². The molecule has 0 fully saturated rings. The number of benzene rings is 1. The summed E-state index contributed by atoms with van der Waals surface area (Å²) in [6, 6.07) is 8.16. The van der Waals surface area contributed by atoms with Crippen LogP contribution in [0.25, 0.3) is 0 Å². The minimum absolute atomic E-state index is 0.00369. The van der Waals surface area contributed by atoms with E-state index in [1.165, 1.54) is 19.9 Å². The molecule has 8 nitrogen and oxygen atoms in total. The van der Waals surface area contributed by atoms with Crippen LogP contribution >= 0.6 is 0 Å². The van der Waals surface area contributed by atoms with Crippen LogP contribution in [-0.4, -0.2) is 26.9 Å². The molecule has 3 atom stereocenters. The number of carbonyl (C=O) groups is 1. The molecular weight excluding hydrogens is 388 g/mol. The first kappa shape index (κ1) is 25.3. The van der Waals surface area contributed by atoms with Crippen LogP contribution in [-0.2, 0) is 4.79 Å². The van der Waals surface area contributed by atoms with Gasteiger partial charge in [-0.2, -0.15) is 0 Å². The molecule has 30 heavy (non-hydrogen) atoms. The average Bonchev–Trinajstić information content (AvgIpc) is 2.71. The number of rotatable bonds is 12. The van der Waals surface area contributed by atoms with Crippen molar-refractivity contribution in [2.45, 2.75) is 77.8 Å². The van der Waals surface area contributed by atoms with Gasteiger partial charge in [-0.3, -0.25) is 20.2 Å². The third kappa shape index (κ3) is 4.68. The van der Waals surface area contributed by atoms with Gasteiger partial charge in [0.05, 0.1) is 0 Å². The first-order valence-electron chi connectivity index (χ1n) is 10.4. The first-order chi connectivity index (χ1) is 14.1. The molecule has 1 rings (SSSR count). The number of nitro groups is 2. The highest BCUT2D eigenvalue weighted by molar-refractivity contribution is 5.92. The van der Waals surface area contributed by atoms with Crippen molar-refractivity contribution in [2.24, 2.45) is 5.92 Å². The summed E-state index contributed by atoms with van der Waals surface area (Å²) in [4.78, 5) is 36.7. The van der Waals surface area contributed by atoms with Gasteiger partial charge in [-0.05, 0) is 31.9 Å². The molecule has 0 radical (unpaired) electrons. The van der Waals surface area contributed by atoms with Gasteiger partial charge in [0.25, 0.3) is 5.54 Å². The number of esters is 1. The molecule has 0 spiro atoms. The molecule has 0 aliphatic carbocycles. The molecule has 1 aromatic rings. The summed E-state index contributed by atoms with van der Waals surface area (Å²) in [6.45, 7) is 8.03. The monoisotopic (exact) mass is 420 g/mol. The molecule has 0 N–H and O–H groups in total. The van der Waals surface area contributed by atoms with E-state index < -0.39 is 32.8 Å². The van der Waals surface area contributed by atoms with Crippen molar-refractivity contribution >= 4 is 5.97 Å². The number of para-hydroxylation sites is 1. The Labute approximate surface area is 177 Å². The maximum atomic E-state index is 13.0. The summed E-state index contributed by atoms with van der Waals surface area (Å²) in [5, 5.41) is 24.9. The van der Waals surface area contributed by atoms with E-state index in [9.17, 15) is 25.0 Å². The second-order valence-electron chi connectivity index (χ2n) is 7.68. The van der Waals surface area contributed by atoms with Crippen LogP contribution < -0.4 is 4.74 Å². The minimum Gasteiger partial charge on any atom is -0.423 e. The van der Waals surface area contributed by atoms with Crippen molar-refractivity contribution < 1.29 is 19.4 Å². The van der Waals surface area contributed by atoms with Crippen molar-refractivity contribution in [1.29, 1.82) is 0 Å². The van der Waals surface area contributed by atoms with Crippen LogP contribution in [0.4, 0.5) is 0 Å². The summed E-state index contributed by atoms with van der Waals surface area (Å²) in [5.74, 6) is -1.37. The lowest BCUT2D eigenvalue weighted by Gasteiger charge is -2.39. The number of ether oxygens (including phenoxy) is 1. The second kappa shape index (κ2) is 10.8. The van der Waals surface area contributed by atoms with E-state index in [1.54, 1.807) is 44.2 Å². The summed E-state index contributed by atoms with van der Waals surface area (Å²) in [6.07, 6.45) is 3.61. The Hall–Kier alpha value is -2.77. The molecule has 0 amide bonds. The Morgan fingerprint density at radius 2 is 1.73 bits per heavy atom. The highest BCUT2D eigenvalue weighted by Crippen LogP contribution is 2.45. The maximum absolute atomic E-state index is 13.0. The zero-order valence-corrected chi connectivity index (χ0v) is 18.4. The number of unbranched alkanes of at least 4 members (excludes halogenated alkanes) is 2. The molecule has 0 saturated carbocycles. The van der Waals surface area contributed by atoms with Gasteiger partial charge in [0.15, 0.2) is 0 Å². The number of carbonyl (C=O) groups excluding carboxylic acids is 1. The van der Waals surface area contributed by atoms with E-state index in [1.807, 2.05) is 6.92 Å². The molecule has 0 saturated heterocycles. The van der Waals surface area contributed by atoms with Gasteiger partial charge in [-0.15, -0.1) is 0 Å². The molecule has 166 valence electrons. The Morgan fingerprint density at radius 1 is 1.13 bits per heavy atom. The predicted octanol–water partition coefficient (Wildman–Crippen LogP) is 5.22. The van der Waals surface area contributed by atoms with Crippen molar-refractivity contribution in [3.8, 4) is 5.75 Å². The normalized spacial score (nSPS) is 16.8. The van der Waals surface area contributed by atoms with Gasteiger partial charge in [0, 0.05) is 29.1 Å². The molecule has 0 bridgehead atoms. The standard InChI is InChI=1S/C22H32N2O6/c1-6-9-13-16-22(24(28)29,17(4)7-2)21(5,23(26)27)19(8-3)20(25)30-18-14-11-10-12-15-18/h8,10-12,14-15,17H,6-7,9,13,16H2,1-5H3. The number of hydrogen-bond donors (Lipinski definition) is 0. The quantitative estimate of drug-likeness (QED) is 0.114. The second-order valence-corrected chi connectivity index (χ2v) is 7.68. The number of allylic oxidation sites excluding steroid dienone is 1. The highest BCUT2D eigenvalue weighted by Gasteiger charge is 2.72. The van der Waals surface area contributed by atoms with Gasteiger partial charge in [0.1, 0.15) is 11.3 Å². The molecule has 1 aromatic carbocycles. The first-order valence-corrected chi connectivity index (χ1v) is 10.4. The summed E-state index contributed by atoms with van der Waals surface area (Å²) in [7, 11) is 0. The third-order valence-corrected chi connectivity index (χ3v) is 6.11. The molecule has 0 heterocycles. The topological polar surface area (TPSA) is 113 Å². The van der Waals surface area contributed by atoms with Crippen molar-refractivity contribution in [2.75, 3.05) is 0 Å². The number of hydrogen-bond acceptors (Lipinski definition) is 6. The van der Waals surface area contributed by atoms with Crippen LogP contribution in [0.5, 0.6) is 5.75 Å². The van der Waals surface area contributed by atoms with E-state index in [0.29, 0.717) is 19.3 Å². The fraction of sp³-hybridized carbons (Fsp3) is 0.591. The van der Waals surface area contributed by atoms with Crippen LogP contribution in [0.15, 0.2) is 42.0 Å². The van der Waals surface area contributed by atoms with Gasteiger partial charge in [-0.25, -0.2) is 4.79 Å². The lowest BCUT2D eigenvalue weighted by atomic mass is 9.63. The average molecular weight is 421 g/mol. The van der Waals surface area contributed by atoms with E-state index in [2.05, 4.69) is 0 Å². The molecular formula is C22H32N2O6. The predicted molar refractivity (Wildman–Crippen MR) is 115 cm³/mol. The van der Waals surface area contributed by atoms with Crippen molar-refractivity contribution in [1.82, 2.24) is 0 Å². The van der Waals surface area contributed by atoms with Crippen LogP contribution in [0.2, 0.25) is 0 Å². The van der Waals surface area contributed by atoms with E-state index in [-0.39, 0.29) is 17.7 Å². The maximum Gasteiger partial charge on any atom is 0.346 e. The summed E-state index contributed by atoms with van der Waals surface area (Å²) in [5.41, 5.74) is -4.54. The van der Waals surface area contributed by atoms with Crippen molar-refractivity contribution in [3.63, 3.8) is 0 Å². The Balaban J connectivity index is 3.62. The molecule has 8 heteroatoms. The molecule has 0 aromatic heterocycles. The summed E-state index contributed by atoms with van der Waals surface area (Å²) < 4.78 is 5.34. The van der Waals surface area contributed by atoms with Gasteiger partial charge >= 0.3 is 11.5 Å². The fourth-order valence-electron chi connectivity index (χ4n) is 4.14. The smallest absolute Gasteiger partial charge is 0.346 e. The summed E-state index contributed by atoms with van der Waals surface area (Å²) >= 11 is 0. The lowest BCUT2D eigenvalue weighted by Crippen LogP contribution is -2.67. The molecule has 0 aliphatic rings. The molecule has 3 unspecified atom stereocenters. The Morgan fingerprint density at radius 3 is 2.17 bits per heavy atom. The lowest BCUT2D eigenvalue weighted by molar-refractivity contribution is -0.683. The zero-order chi connectivity index (χ0) is 22.9. The minimum atomic E-state index is -2.26. The Bertz CT molecular complexity index is 779. The fourth-order valence-corrected chi connectivity index (χ4v) is 4.14. The van der Waals surface area contributed by atoms with Crippen LogP contribution in [0.3, 0.4) is 0 Å². The van der Waals surface area contributed by atoms with E-state index in [0.717, 1.165) is 6.42 Å². The zero-order valence-electron chi connectivity index (χ0n) is 18.4. The largest absolute Gasteiger partial charge is 0.423 e. The van der Waals surface area contributed by atoms with Gasteiger partial charge in [0.2, 0.25) is 0 Å². The highest BCUT2D eigenvalue weighted by atomic mass is 16.7. The Kier molecular flexibility index (Phi) is 9.14. The SMILES string of the molecule is CC=C(C(=O)Oc1ccccc1)C(C)([N+](=O)[O-])C(CCCCC)(C(C)CC)[N+](=O)[O-]. The number of nitrogens with zero attached hydrogens (tertiary/aromatic N) is 2. The van der Waals surface area contributed by atoms with E-state index in [4.69, 9.17) is 4.74 Å².